The van der Waals surface area contributed by atoms with Gasteiger partial charge in [-0.05, 0) is 13.8 Å². The van der Waals surface area contributed by atoms with E-state index in [9.17, 15) is 9.90 Å². The lowest BCUT2D eigenvalue weighted by atomic mass is 10.1. The third kappa shape index (κ3) is 3.50. The molecule has 1 amide bonds. The van der Waals surface area contributed by atoms with Gasteiger partial charge in [0.15, 0.2) is 0 Å². The fraction of sp³-hybridized carbons (Fsp3) is 0.545. The number of aliphatic hydroxyl groups is 1. The van der Waals surface area contributed by atoms with E-state index in [2.05, 4.69) is 0 Å². The first kappa shape index (κ1) is 13.0. The van der Waals surface area contributed by atoms with Crippen molar-refractivity contribution in [3.8, 4) is 5.75 Å². The molecule has 1 N–H and O–H groups in total. The highest BCUT2D eigenvalue weighted by molar-refractivity contribution is 7.12. The van der Waals surface area contributed by atoms with Crippen LogP contribution in [0.5, 0.6) is 5.75 Å². The molecule has 0 bridgehead atoms. The van der Waals surface area contributed by atoms with Gasteiger partial charge in [0.2, 0.25) is 0 Å². The Hall–Kier alpha value is -1.07. The third-order valence-electron chi connectivity index (χ3n) is 1.99. The molecule has 0 saturated heterocycles. The summed E-state index contributed by atoms with van der Waals surface area (Å²) in [7, 11) is 3.24. The molecule has 0 spiro atoms. The van der Waals surface area contributed by atoms with Crippen LogP contribution in [0.4, 0.5) is 0 Å². The standard InChI is InChI=1S/C11H17NO3S/c1-11(2,14)7-12(3)10(13)9-5-8(15-4)6-16-9/h5-6,14H,7H2,1-4H3. The lowest BCUT2D eigenvalue weighted by Gasteiger charge is -2.25. The Morgan fingerprint density at radius 3 is 2.69 bits per heavy atom. The van der Waals surface area contributed by atoms with Gasteiger partial charge in [0, 0.05) is 25.0 Å². The van der Waals surface area contributed by atoms with Crippen LogP contribution in [0.2, 0.25) is 0 Å². The van der Waals surface area contributed by atoms with E-state index in [-0.39, 0.29) is 5.91 Å². The minimum Gasteiger partial charge on any atom is -0.496 e. The number of ether oxygens (including phenoxy) is 1. The van der Waals surface area contributed by atoms with Gasteiger partial charge in [-0.3, -0.25) is 4.79 Å². The molecule has 0 unspecified atom stereocenters. The SMILES string of the molecule is COc1csc(C(=O)N(C)CC(C)(C)O)c1. The zero-order valence-corrected chi connectivity index (χ0v) is 10.8. The van der Waals surface area contributed by atoms with E-state index < -0.39 is 5.60 Å². The van der Waals surface area contributed by atoms with Crippen molar-refractivity contribution in [3.05, 3.63) is 16.3 Å². The molecule has 0 aliphatic heterocycles. The number of carbonyl (C=O) groups is 1. The van der Waals surface area contributed by atoms with Crippen LogP contribution < -0.4 is 4.74 Å². The lowest BCUT2D eigenvalue weighted by molar-refractivity contribution is 0.0370. The van der Waals surface area contributed by atoms with Crippen LogP contribution in [0.3, 0.4) is 0 Å². The van der Waals surface area contributed by atoms with Crippen LogP contribution in [0, 0.1) is 0 Å². The Morgan fingerprint density at radius 1 is 1.62 bits per heavy atom. The van der Waals surface area contributed by atoms with Crippen LogP contribution in [0.15, 0.2) is 11.4 Å². The number of thiophene rings is 1. The van der Waals surface area contributed by atoms with Crippen molar-refractivity contribution in [1.82, 2.24) is 4.90 Å². The summed E-state index contributed by atoms with van der Waals surface area (Å²) in [5.74, 6) is 0.584. The van der Waals surface area contributed by atoms with Gasteiger partial charge >= 0.3 is 0 Å². The zero-order chi connectivity index (χ0) is 12.3. The fourth-order valence-corrected chi connectivity index (χ4v) is 2.23. The number of hydrogen-bond donors (Lipinski definition) is 1. The number of rotatable bonds is 4. The largest absolute Gasteiger partial charge is 0.496 e. The van der Waals surface area contributed by atoms with Gasteiger partial charge in [0.05, 0.1) is 17.6 Å². The summed E-state index contributed by atoms with van der Waals surface area (Å²) in [5.41, 5.74) is -0.883. The van der Waals surface area contributed by atoms with E-state index in [0.29, 0.717) is 17.2 Å². The van der Waals surface area contributed by atoms with E-state index in [1.165, 1.54) is 16.2 Å². The molecule has 0 fully saturated rings. The van der Waals surface area contributed by atoms with Gasteiger partial charge < -0.3 is 14.7 Å². The van der Waals surface area contributed by atoms with Crippen molar-refractivity contribution in [1.29, 1.82) is 0 Å². The van der Waals surface area contributed by atoms with Crippen molar-refractivity contribution in [3.63, 3.8) is 0 Å². The van der Waals surface area contributed by atoms with E-state index in [4.69, 9.17) is 4.74 Å². The number of carbonyl (C=O) groups excluding carboxylic acids is 1. The number of amides is 1. The maximum Gasteiger partial charge on any atom is 0.263 e. The number of hydrogen-bond acceptors (Lipinski definition) is 4. The Labute approximate surface area is 99.5 Å². The first-order valence-corrected chi connectivity index (χ1v) is 5.82. The molecule has 90 valence electrons. The maximum atomic E-state index is 11.9. The molecule has 4 nitrogen and oxygen atoms in total. The van der Waals surface area contributed by atoms with Crippen LogP contribution in [0.1, 0.15) is 23.5 Å². The Morgan fingerprint density at radius 2 is 2.25 bits per heavy atom. The van der Waals surface area contributed by atoms with Crippen molar-refractivity contribution in [2.45, 2.75) is 19.4 Å². The lowest BCUT2D eigenvalue weighted by Crippen LogP contribution is -2.39. The molecule has 1 aromatic heterocycles. The molecular weight excluding hydrogens is 226 g/mol. The predicted octanol–water partition coefficient (Wildman–Crippen LogP) is 1.60. The minimum absolute atomic E-state index is 0.101. The van der Waals surface area contributed by atoms with Gasteiger partial charge in [0.1, 0.15) is 5.75 Å². The summed E-state index contributed by atoms with van der Waals surface area (Å²) < 4.78 is 5.02. The molecular formula is C11H17NO3S. The van der Waals surface area contributed by atoms with E-state index in [1.807, 2.05) is 0 Å². The number of nitrogens with zero attached hydrogens (tertiary/aromatic N) is 1. The van der Waals surface area contributed by atoms with Crippen LogP contribution in [0.25, 0.3) is 0 Å². The monoisotopic (exact) mass is 243 g/mol. The van der Waals surface area contributed by atoms with E-state index >= 15 is 0 Å². The van der Waals surface area contributed by atoms with Crippen LogP contribution in [-0.4, -0.2) is 42.2 Å². The molecule has 1 aromatic rings. The maximum absolute atomic E-state index is 11.9. The average molecular weight is 243 g/mol. The molecule has 0 radical (unpaired) electrons. The average Bonchev–Trinajstić information content (AvgIpc) is 2.61. The molecule has 0 atom stereocenters. The molecule has 1 heterocycles. The molecule has 1 rings (SSSR count). The van der Waals surface area contributed by atoms with E-state index in [1.54, 1.807) is 39.5 Å². The van der Waals surface area contributed by atoms with Crippen LogP contribution in [-0.2, 0) is 0 Å². The highest BCUT2D eigenvalue weighted by Crippen LogP contribution is 2.22. The molecule has 0 aliphatic rings. The fourth-order valence-electron chi connectivity index (χ4n) is 1.38. The van der Waals surface area contributed by atoms with E-state index in [0.717, 1.165) is 0 Å². The summed E-state index contributed by atoms with van der Waals surface area (Å²) in [6.07, 6.45) is 0. The van der Waals surface area contributed by atoms with Crippen LogP contribution >= 0.6 is 11.3 Å². The Balaban J connectivity index is 2.70. The second kappa shape index (κ2) is 4.84. The molecule has 0 aromatic carbocycles. The smallest absolute Gasteiger partial charge is 0.263 e. The summed E-state index contributed by atoms with van der Waals surface area (Å²) in [5, 5.41) is 11.4. The Kier molecular flexibility index (Phi) is 3.93. The predicted molar refractivity (Wildman–Crippen MR) is 64.1 cm³/mol. The number of methoxy groups -OCH3 is 1. The molecule has 16 heavy (non-hydrogen) atoms. The zero-order valence-electron chi connectivity index (χ0n) is 9.98. The first-order chi connectivity index (χ1) is 7.33. The Bertz CT molecular complexity index is 368. The van der Waals surface area contributed by atoms with Gasteiger partial charge in [-0.25, -0.2) is 0 Å². The second-order valence-electron chi connectivity index (χ2n) is 4.32. The quantitative estimate of drug-likeness (QED) is 0.874. The van der Waals surface area contributed by atoms with Crippen molar-refractivity contribution < 1.29 is 14.6 Å². The first-order valence-electron chi connectivity index (χ1n) is 4.94. The molecule has 5 heteroatoms. The van der Waals surface area contributed by atoms with Gasteiger partial charge in [0.25, 0.3) is 5.91 Å². The highest BCUT2D eigenvalue weighted by Gasteiger charge is 2.21. The van der Waals surface area contributed by atoms with Crippen molar-refractivity contribution in [2.24, 2.45) is 0 Å². The normalized spacial score (nSPS) is 11.3. The van der Waals surface area contributed by atoms with Crippen molar-refractivity contribution >= 4 is 17.2 Å². The van der Waals surface area contributed by atoms with Gasteiger partial charge in [-0.2, -0.15) is 0 Å². The summed E-state index contributed by atoms with van der Waals surface area (Å²) in [4.78, 5) is 14.0. The second-order valence-corrected chi connectivity index (χ2v) is 5.24. The topological polar surface area (TPSA) is 49.8 Å². The summed E-state index contributed by atoms with van der Waals surface area (Å²) in [6.45, 7) is 3.64. The highest BCUT2D eigenvalue weighted by atomic mass is 32.1. The number of likely N-dealkylation sites (N-methyl/N-ethyl adjacent to an activating group) is 1. The third-order valence-corrected chi connectivity index (χ3v) is 2.89. The van der Waals surface area contributed by atoms with Gasteiger partial charge in [-0.1, -0.05) is 0 Å². The molecule has 0 aliphatic carbocycles. The summed E-state index contributed by atoms with van der Waals surface area (Å²) >= 11 is 1.34. The molecule has 0 saturated carbocycles. The van der Waals surface area contributed by atoms with Crippen molar-refractivity contribution in [2.75, 3.05) is 20.7 Å². The summed E-state index contributed by atoms with van der Waals surface area (Å²) in [6, 6.07) is 1.70. The minimum atomic E-state index is -0.883. The van der Waals surface area contributed by atoms with Gasteiger partial charge in [-0.15, -0.1) is 11.3 Å².